The molecule has 0 aliphatic carbocycles. The molecule has 0 saturated heterocycles. The number of pyridine rings is 1. The van der Waals surface area contributed by atoms with Gasteiger partial charge in [-0.3, -0.25) is 9.19 Å². The van der Waals surface area contributed by atoms with Crippen molar-refractivity contribution in [3.05, 3.63) is 29.2 Å². The van der Waals surface area contributed by atoms with E-state index in [1.807, 2.05) is 19.9 Å². The van der Waals surface area contributed by atoms with E-state index in [1.165, 1.54) is 13.3 Å². The van der Waals surface area contributed by atoms with E-state index in [1.54, 1.807) is 7.11 Å². The van der Waals surface area contributed by atoms with Crippen molar-refractivity contribution in [3.8, 4) is 11.6 Å². The Morgan fingerprint density at radius 1 is 1.29 bits per heavy atom. The Labute approximate surface area is 126 Å². The number of aromatic nitrogens is 3. The Kier molecular flexibility index (Phi) is 4.95. The number of rotatable bonds is 6. The van der Waals surface area contributed by atoms with Crippen molar-refractivity contribution in [1.29, 1.82) is 0 Å². The van der Waals surface area contributed by atoms with E-state index >= 15 is 0 Å². The summed E-state index contributed by atoms with van der Waals surface area (Å²) < 4.78 is 22.5. The predicted molar refractivity (Wildman–Crippen MR) is 80.4 cm³/mol. The molecule has 1 unspecified atom stereocenters. The third kappa shape index (κ3) is 3.60. The Morgan fingerprint density at radius 3 is 2.67 bits per heavy atom. The second kappa shape index (κ2) is 6.71. The van der Waals surface area contributed by atoms with Crippen LogP contribution in [0.3, 0.4) is 0 Å². The number of hydrogen-bond donors (Lipinski definition) is 1. The predicted octanol–water partition coefficient (Wildman–Crippen LogP) is 1.79. The molecule has 0 aliphatic heterocycles. The molecular weight excluding hydrogens is 290 g/mol. The molecule has 0 radical (unpaired) electrons. The molecule has 0 aromatic carbocycles. The fourth-order valence-corrected chi connectivity index (χ4v) is 2.97. The van der Waals surface area contributed by atoms with Gasteiger partial charge in [-0.15, -0.1) is 0 Å². The molecule has 7 heteroatoms. The molecule has 0 aliphatic rings. The van der Waals surface area contributed by atoms with Crippen LogP contribution >= 0.6 is 0 Å². The summed E-state index contributed by atoms with van der Waals surface area (Å²) in [4.78, 5) is 11.4. The maximum Gasteiger partial charge on any atom is 0.211 e. The summed E-state index contributed by atoms with van der Waals surface area (Å²) in [5.74, 6) is 1.75. The number of H-pyrrole nitrogens is 1. The van der Waals surface area contributed by atoms with Crippen LogP contribution in [-0.4, -0.2) is 39.1 Å². The van der Waals surface area contributed by atoms with Crippen LogP contribution in [0.1, 0.15) is 17.0 Å². The van der Waals surface area contributed by atoms with E-state index < -0.39 is 10.8 Å². The topological polar surface area (TPSA) is 77.1 Å². The fourth-order valence-electron chi connectivity index (χ4n) is 2.02. The smallest absolute Gasteiger partial charge is 0.211 e. The van der Waals surface area contributed by atoms with Gasteiger partial charge in [-0.05, 0) is 13.8 Å². The van der Waals surface area contributed by atoms with Gasteiger partial charge in [0.2, 0.25) is 5.88 Å². The summed E-state index contributed by atoms with van der Waals surface area (Å²) in [7, 11) is 1.96. The highest BCUT2D eigenvalue weighted by Crippen LogP contribution is 2.22. The number of imidazole rings is 1. The van der Waals surface area contributed by atoms with Crippen molar-refractivity contribution >= 4 is 10.8 Å². The second-order valence-electron chi connectivity index (χ2n) is 4.59. The monoisotopic (exact) mass is 309 g/mol. The average molecular weight is 309 g/mol. The lowest BCUT2D eigenvalue weighted by molar-refractivity contribution is 0.398. The Hall–Kier alpha value is -1.89. The first-order valence-corrected chi connectivity index (χ1v) is 7.85. The highest BCUT2D eigenvalue weighted by Gasteiger charge is 2.13. The highest BCUT2D eigenvalue weighted by atomic mass is 32.2. The van der Waals surface area contributed by atoms with E-state index in [2.05, 4.69) is 15.0 Å². The minimum Gasteiger partial charge on any atom is -0.496 e. The lowest BCUT2D eigenvalue weighted by Gasteiger charge is -2.10. The van der Waals surface area contributed by atoms with Gasteiger partial charge >= 0.3 is 0 Å². The lowest BCUT2D eigenvalue weighted by atomic mass is 10.1. The maximum absolute atomic E-state index is 12.2. The van der Waals surface area contributed by atoms with Crippen LogP contribution in [0.5, 0.6) is 11.6 Å². The van der Waals surface area contributed by atoms with Crippen LogP contribution in [0.15, 0.2) is 17.4 Å². The molecule has 1 N–H and O–H groups in total. The third-order valence-corrected chi connectivity index (χ3v) is 4.38. The van der Waals surface area contributed by atoms with Crippen molar-refractivity contribution in [1.82, 2.24) is 15.0 Å². The number of aryl methyl sites for hydroxylation is 2. The lowest BCUT2D eigenvalue weighted by Crippen LogP contribution is -2.07. The number of methoxy groups -OCH3 is 2. The minimum absolute atomic E-state index is 0.420. The molecule has 0 fully saturated rings. The van der Waals surface area contributed by atoms with Gasteiger partial charge in [0.1, 0.15) is 5.75 Å². The Bertz CT molecular complexity index is 655. The number of aromatic amines is 1. The molecule has 2 heterocycles. The van der Waals surface area contributed by atoms with Crippen LogP contribution in [0.2, 0.25) is 0 Å². The molecule has 2 rings (SSSR count). The first kappa shape index (κ1) is 15.5. The second-order valence-corrected chi connectivity index (χ2v) is 6.08. The van der Waals surface area contributed by atoms with E-state index in [9.17, 15) is 4.21 Å². The Morgan fingerprint density at radius 2 is 2.05 bits per heavy atom. The summed E-state index contributed by atoms with van der Waals surface area (Å²) >= 11 is 0. The third-order valence-electron chi connectivity index (χ3n) is 3.16. The largest absolute Gasteiger partial charge is 0.496 e. The summed E-state index contributed by atoms with van der Waals surface area (Å²) in [6.45, 7) is 3.87. The zero-order chi connectivity index (χ0) is 15.4. The number of ether oxygens (including phenoxy) is 2. The molecular formula is C14H19N3O3S. The average Bonchev–Trinajstić information content (AvgIpc) is 2.96. The van der Waals surface area contributed by atoms with Crippen LogP contribution in [0, 0.1) is 13.8 Å². The van der Waals surface area contributed by atoms with E-state index in [0.717, 1.165) is 22.7 Å². The van der Waals surface area contributed by atoms with Gasteiger partial charge in [0, 0.05) is 35.2 Å². The van der Waals surface area contributed by atoms with Crippen molar-refractivity contribution in [2.45, 2.75) is 25.4 Å². The van der Waals surface area contributed by atoms with Crippen LogP contribution in [-0.2, 0) is 17.2 Å². The molecule has 2 aromatic heterocycles. The summed E-state index contributed by atoms with van der Waals surface area (Å²) in [6.07, 6.45) is 2.12. The van der Waals surface area contributed by atoms with Gasteiger partial charge in [0.15, 0.2) is 5.16 Å². The first-order chi connectivity index (χ1) is 10.0. The SMILES string of the molecule is COc1cnc(S(=O)CCc2nc(C)cc(OC)c2C)[nH]1. The highest BCUT2D eigenvalue weighted by molar-refractivity contribution is 7.84. The number of nitrogens with one attached hydrogen (secondary N) is 1. The fraction of sp³-hybridized carbons (Fsp3) is 0.429. The van der Waals surface area contributed by atoms with Gasteiger partial charge in [0.05, 0.1) is 31.2 Å². The van der Waals surface area contributed by atoms with Gasteiger partial charge in [0.25, 0.3) is 0 Å². The molecule has 21 heavy (non-hydrogen) atoms. The van der Waals surface area contributed by atoms with Gasteiger partial charge in [-0.2, -0.15) is 0 Å². The van der Waals surface area contributed by atoms with Crippen molar-refractivity contribution in [3.63, 3.8) is 0 Å². The molecule has 1 atom stereocenters. The maximum atomic E-state index is 12.2. The number of nitrogens with zero attached hydrogens (tertiary/aromatic N) is 2. The molecule has 0 spiro atoms. The molecule has 114 valence electrons. The van der Waals surface area contributed by atoms with Crippen molar-refractivity contribution < 1.29 is 13.7 Å². The summed E-state index contributed by atoms with van der Waals surface area (Å²) in [6, 6.07) is 1.90. The van der Waals surface area contributed by atoms with Crippen molar-refractivity contribution in [2.24, 2.45) is 0 Å². The van der Waals surface area contributed by atoms with Gasteiger partial charge < -0.3 is 14.5 Å². The Balaban J connectivity index is 2.09. The standard InChI is InChI=1S/C14H19N3O3S/c1-9-7-12(19-3)10(2)11(16-9)5-6-21(18)14-15-8-13(17-14)20-4/h7-8H,5-6H2,1-4H3,(H,15,17). The zero-order valence-electron chi connectivity index (χ0n) is 12.6. The van der Waals surface area contributed by atoms with E-state index in [-0.39, 0.29) is 0 Å². The van der Waals surface area contributed by atoms with E-state index in [4.69, 9.17) is 9.47 Å². The van der Waals surface area contributed by atoms with E-state index in [0.29, 0.717) is 23.2 Å². The molecule has 0 bridgehead atoms. The minimum atomic E-state index is -1.22. The zero-order valence-corrected chi connectivity index (χ0v) is 13.4. The molecule has 6 nitrogen and oxygen atoms in total. The first-order valence-electron chi connectivity index (χ1n) is 6.53. The molecule has 2 aromatic rings. The van der Waals surface area contributed by atoms with Crippen LogP contribution in [0.25, 0.3) is 0 Å². The van der Waals surface area contributed by atoms with Crippen LogP contribution < -0.4 is 9.47 Å². The summed E-state index contributed by atoms with van der Waals surface area (Å²) in [5, 5.41) is 0.420. The van der Waals surface area contributed by atoms with Crippen molar-refractivity contribution in [2.75, 3.05) is 20.0 Å². The van der Waals surface area contributed by atoms with Gasteiger partial charge in [-0.1, -0.05) is 0 Å². The summed E-state index contributed by atoms with van der Waals surface area (Å²) in [5.41, 5.74) is 2.77. The quantitative estimate of drug-likeness (QED) is 0.880. The number of hydrogen-bond acceptors (Lipinski definition) is 5. The normalized spacial score (nSPS) is 12.2. The van der Waals surface area contributed by atoms with Gasteiger partial charge in [-0.25, -0.2) is 4.98 Å². The molecule has 0 amide bonds. The van der Waals surface area contributed by atoms with Crippen LogP contribution in [0.4, 0.5) is 0 Å². The molecule has 0 saturated carbocycles.